The minimum Gasteiger partial charge on any atom is -0.462 e. The summed E-state index contributed by atoms with van der Waals surface area (Å²) in [6, 6.07) is 0. The summed E-state index contributed by atoms with van der Waals surface area (Å²) >= 11 is 0. The Morgan fingerprint density at radius 3 is 0.740 bits per heavy atom. The number of unbranched alkanes of at least 4 members (excludes halogenated alkanes) is 48. The highest BCUT2D eigenvalue weighted by molar-refractivity contribution is 7.47. The van der Waals surface area contributed by atoms with E-state index in [1.54, 1.807) is 0 Å². The molecule has 0 aromatic rings. The molecule has 0 spiro atoms. The second-order valence-electron chi connectivity index (χ2n) is 28.0. The van der Waals surface area contributed by atoms with Crippen LogP contribution in [0.2, 0.25) is 0 Å². The average Bonchev–Trinajstić information content (AvgIpc) is 1.19. The highest BCUT2D eigenvalue weighted by Crippen LogP contribution is 2.45. The number of esters is 4. The van der Waals surface area contributed by atoms with Crippen LogP contribution in [0.3, 0.4) is 0 Å². The van der Waals surface area contributed by atoms with E-state index in [1.165, 1.54) is 231 Å². The van der Waals surface area contributed by atoms with Crippen LogP contribution in [-0.2, 0) is 65.4 Å². The molecule has 0 saturated heterocycles. The van der Waals surface area contributed by atoms with E-state index in [1.807, 2.05) is 0 Å². The van der Waals surface area contributed by atoms with Gasteiger partial charge in [-0.25, -0.2) is 9.13 Å². The third-order valence-electron chi connectivity index (χ3n) is 18.4. The first-order chi connectivity index (χ1) is 46.6. The van der Waals surface area contributed by atoms with Crippen LogP contribution in [0.15, 0.2) is 0 Å². The molecular formula is C77H150O17P2. The lowest BCUT2D eigenvalue weighted by atomic mass is 9.99. The van der Waals surface area contributed by atoms with Crippen LogP contribution >= 0.6 is 15.6 Å². The molecule has 6 atom stereocenters. The molecule has 0 radical (unpaired) electrons. The number of ether oxygens (including phenoxy) is 4. The first kappa shape index (κ1) is 94.1. The fourth-order valence-electron chi connectivity index (χ4n) is 11.8. The van der Waals surface area contributed by atoms with Crippen molar-refractivity contribution in [3.05, 3.63) is 0 Å². The van der Waals surface area contributed by atoms with E-state index in [9.17, 15) is 43.2 Å². The van der Waals surface area contributed by atoms with Crippen LogP contribution < -0.4 is 0 Å². The normalized spacial score (nSPS) is 14.2. The molecule has 0 aromatic carbocycles. The number of hydrogen-bond donors (Lipinski definition) is 3. The molecule has 0 bridgehead atoms. The summed E-state index contributed by atoms with van der Waals surface area (Å²) in [6.45, 7) is 7.36. The molecule has 0 aliphatic carbocycles. The molecule has 0 heterocycles. The first-order valence-corrected chi connectivity index (χ1v) is 43.2. The number of hydrogen-bond acceptors (Lipinski definition) is 15. The summed E-state index contributed by atoms with van der Waals surface area (Å²) < 4.78 is 68.6. The smallest absolute Gasteiger partial charge is 0.462 e. The molecule has 17 nitrogen and oxygen atoms in total. The highest BCUT2D eigenvalue weighted by atomic mass is 31.2. The maximum absolute atomic E-state index is 13.1. The van der Waals surface area contributed by atoms with Crippen LogP contribution in [0.25, 0.3) is 0 Å². The van der Waals surface area contributed by atoms with Crippen molar-refractivity contribution >= 4 is 39.5 Å². The maximum atomic E-state index is 13.1. The summed E-state index contributed by atoms with van der Waals surface area (Å²) in [5.41, 5.74) is 0. The number of aliphatic hydroxyl groups excluding tert-OH is 1. The van der Waals surface area contributed by atoms with Gasteiger partial charge in [-0.3, -0.25) is 37.3 Å². The van der Waals surface area contributed by atoms with Gasteiger partial charge in [-0.2, -0.15) is 0 Å². The van der Waals surface area contributed by atoms with Crippen molar-refractivity contribution in [2.75, 3.05) is 39.6 Å². The largest absolute Gasteiger partial charge is 0.472 e. The van der Waals surface area contributed by atoms with Gasteiger partial charge in [0.25, 0.3) is 0 Å². The van der Waals surface area contributed by atoms with Crippen LogP contribution in [-0.4, -0.2) is 96.7 Å². The van der Waals surface area contributed by atoms with Gasteiger partial charge < -0.3 is 33.8 Å². The third kappa shape index (κ3) is 69.2. The fourth-order valence-corrected chi connectivity index (χ4v) is 13.4. The molecular weight excluding hydrogens is 1260 g/mol. The molecule has 0 amide bonds. The van der Waals surface area contributed by atoms with E-state index in [2.05, 4.69) is 34.6 Å². The Bertz CT molecular complexity index is 1840. The minimum atomic E-state index is -4.96. The van der Waals surface area contributed by atoms with Crippen LogP contribution in [0, 0.1) is 5.92 Å². The topological polar surface area (TPSA) is 237 Å². The predicted octanol–water partition coefficient (Wildman–Crippen LogP) is 22.9. The zero-order chi connectivity index (χ0) is 70.5. The van der Waals surface area contributed by atoms with E-state index in [0.717, 1.165) is 95.8 Å². The van der Waals surface area contributed by atoms with Crippen molar-refractivity contribution < 1.29 is 80.2 Å². The van der Waals surface area contributed by atoms with Crippen LogP contribution in [0.4, 0.5) is 0 Å². The number of rotatable bonds is 77. The zero-order valence-electron chi connectivity index (χ0n) is 62.5. The quantitative estimate of drug-likeness (QED) is 0.0222. The molecule has 3 unspecified atom stereocenters. The molecule has 570 valence electrons. The van der Waals surface area contributed by atoms with E-state index in [-0.39, 0.29) is 25.7 Å². The number of carbonyl (C=O) groups is 4. The summed E-state index contributed by atoms with van der Waals surface area (Å²) in [7, 11) is -9.91. The van der Waals surface area contributed by atoms with Gasteiger partial charge in [-0.05, 0) is 31.6 Å². The van der Waals surface area contributed by atoms with Gasteiger partial charge in [0.05, 0.1) is 26.4 Å². The molecule has 19 heteroatoms. The monoisotopic (exact) mass is 1410 g/mol. The number of aliphatic hydroxyl groups is 1. The van der Waals surface area contributed by atoms with Crippen molar-refractivity contribution in [2.24, 2.45) is 5.92 Å². The van der Waals surface area contributed by atoms with E-state index < -0.39 is 97.5 Å². The predicted molar refractivity (Wildman–Crippen MR) is 391 cm³/mol. The Balaban J connectivity index is 5.24. The van der Waals surface area contributed by atoms with Crippen molar-refractivity contribution in [1.82, 2.24) is 0 Å². The Hall–Kier alpha value is -1.94. The Kier molecular flexibility index (Phi) is 68.7. The van der Waals surface area contributed by atoms with Crippen LogP contribution in [0.1, 0.15) is 407 Å². The lowest BCUT2D eigenvalue weighted by molar-refractivity contribution is -0.161. The van der Waals surface area contributed by atoms with Gasteiger partial charge in [0, 0.05) is 25.7 Å². The number of carbonyl (C=O) groups excluding carboxylic acids is 4. The SMILES string of the molecule is CCCCCCCCCCCCCCCCC(=O)OC[C@H](COP(=O)(O)OC[C@@H](O)COP(=O)(O)OC[C@@H](COC(=O)CCCCCCCCCCCC)OC(=O)CCCCCCCCCCCCCCCC)OC(=O)CCCCCCCCCCCCCCCCC(C)CC. The lowest BCUT2D eigenvalue weighted by Gasteiger charge is -2.21. The van der Waals surface area contributed by atoms with Gasteiger partial charge in [-0.1, -0.05) is 356 Å². The van der Waals surface area contributed by atoms with E-state index in [0.29, 0.717) is 25.7 Å². The van der Waals surface area contributed by atoms with Gasteiger partial charge in [0.15, 0.2) is 12.2 Å². The second-order valence-corrected chi connectivity index (χ2v) is 30.9. The standard InChI is InChI=1S/C77H150O17P2/c1-6-10-13-16-19-22-25-27-32-36-41-46-51-56-61-75(80)88-67-73(94-77(82)63-58-53-48-43-38-34-30-29-31-35-39-44-49-54-59-70(5)9-4)69-92-96(85,86)90-65-71(78)64-89-95(83,84)91-68-72(66-87-74(79)60-55-50-45-40-24-21-18-15-12-8-3)93-76(81)62-57-52-47-42-37-33-28-26-23-20-17-14-11-7-2/h70-73,78H,6-69H2,1-5H3,(H,83,84)(H,85,86)/t70?,71-,72+,73+/m0/s1. The first-order valence-electron chi connectivity index (χ1n) is 40.2. The second kappa shape index (κ2) is 70.1. The summed E-state index contributed by atoms with van der Waals surface area (Å²) in [5.74, 6) is -1.26. The third-order valence-corrected chi connectivity index (χ3v) is 20.3. The lowest BCUT2D eigenvalue weighted by Crippen LogP contribution is -2.30. The van der Waals surface area contributed by atoms with E-state index >= 15 is 0 Å². The molecule has 3 N–H and O–H groups in total. The molecule has 0 aliphatic heterocycles. The van der Waals surface area contributed by atoms with Crippen molar-refractivity contribution in [3.63, 3.8) is 0 Å². The molecule has 0 fully saturated rings. The molecule has 0 saturated carbocycles. The van der Waals surface area contributed by atoms with Gasteiger partial charge >= 0.3 is 39.5 Å². The Morgan fingerprint density at radius 1 is 0.292 bits per heavy atom. The zero-order valence-corrected chi connectivity index (χ0v) is 64.3. The number of phosphoric ester groups is 2. The Morgan fingerprint density at radius 2 is 0.500 bits per heavy atom. The fraction of sp³-hybridized carbons (Fsp3) is 0.948. The van der Waals surface area contributed by atoms with Gasteiger partial charge in [0.2, 0.25) is 0 Å². The average molecular weight is 1410 g/mol. The molecule has 96 heavy (non-hydrogen) atoms. The molecule has 0 aromatic heterocycles. The molecule has 0 aliphatic rings. The van der Waals surface area contributed by atoms with Crippen molar-refractivity contribution in [2.45, 2.75) is 425 Å². The Labute approximate surface area is 588 Å². The van der Waals surface area contributed by atoms with Crippen molar-refractivity contribution in [1.29, 1.82) is 0 Å². The molecule has 0 rings (SSSR count). The van der Waals surface area contributed by atoms with Crippen molar-refractivity contribution in [3.8, 4) is 0 Å². The summed E-state index contributed by atoms with van der Waals surface area (Å²) in [4.78, 5) is 72.9. The summed E-state index contributed by atoms with van der Waals surface area (Å²) in [5, 5.41) is 10.6. The van der Waals surface area contributed by atoms with E-state index in [4.69, 9.17) is 37.0 Å². The maximum Gasteiger partial charge on any atom is 0.472 e. The van der Waals surface area contributed by atoms with Crippen LogP contribution in [0.5, 0.6) is 0 Å². The summed E-state index contributed by atoms with van der Waals surface area (Å²) in [6.07, 6.45) is 59.4. The van der Waals surface area contributed by atoms with Gasteiger partial charge in [0.1, 0.15) is 19.3 Å². The highest BCUT2D eigenvalue weighted by Gasteiger charge is 2.30. The minimum absolute atomic E-state index is 0.108. The number of phosphoric acid groups is 2. The van der Waals surface area contributed by atoms with Gasteiger partial charge in [-0.15, -0.1) is 0 Å².